The maximum atomic E-state index is 13.3. The van der Waals surface area contributed by atoms with Crippen LogP contribution in [0, 0.1) is 0 Å². The van der Waals surface area contributed by atoms with Gasteiger partial charge in [-0.05, 0) is 35.4 Å². The van der Waals surface area contributed by atoms with Crippen LogP contribution in [0.15, 0.2) is 78.9 Å². The molecule has 5 rings (SSSR count). The Morgan fingerprint density at radius 3 is 2.40 bits per heavy atom. The van der Waals surface area contributed by atoms with Gasteiger partial charge in [-0.1, -0.05) is 65.9 Å². The molecule has 30 heavy (non-hydrogen) atoms. The van der Waals surface area contributed by atoms with E-state index in [4.69, 9.17) is 0 Å². The Balaban J connectivity index is 1.46. The highest BCUT2D eigenvalue weighted by Gasteiger charge is 2.35. The number of hydrogen-bond donors (Lipinski definition) is 1. The van der Waals surface area contributed by atoms with E-state index in [1.807, 2.05) is 66.7 Å². The van der Waals surface area contributed by atoms with Gasteiger partial charge in [0.25, 0.3) is 5.91 Å². The summed E-state index contributed by atoms with van der Waals surface area (Å²) in [5, 5.41) is 3.49. The lowest BCUT2D eigenvalue weighted by molar-refractivity contribution is -0.121. The van der Waals surface area contributed by atoms with Crippen molar-refractivity contribution in [3.05, 3.63) is 95.6 Å². The molecule has 1 atom stereocenters. The summed E-state index contributed by atoms with van der Waals surface area (Å²) in [6.45, 7) is 0.405. The van der Waals surface area contributed by atoms with Crippen molar-refractivity contribution < 1.29 is 9.59 Å². The minimum absolute atomic E-state index is 0.144. The van der Waals surface area contributed by atoms with Crippen LogP contribution in [0.1, 0.15) is 21.5 Å². The summed E-state index contributed by atoms with van der Waals surface area (Å²) in [7, 11) is 0. The van der Waals surface area contributed by atoms with Crippen LogP contribution in [-0.4, -0.2) is 27.7 Å². The molecule has 0 saturated heterocycles. The summed E-state index contributed by atoms with van der Waals surface area (Å²) < 4.78 is 1.01. The number of nitrogens with one attached hydrogen (secondary N) is 1. The highest BCUT2D eigenvalue weighted by atomic mass is 32.1. The molecule has 148 valence electrons. The molecule has 0 bridgehead atoms. The number of para-hydroxylation sites is 1. The van der Waals surface area contributed by atoms with Gasteiger partial charge < -0.3 is 10.2 Å². The molecule has 1 aromatic heterocycles. The number of carbonyl (C=O) groups excluding carboxylic acids is 2. The first-order valence-electron chi connectivity index (χ1n) is 9.78. The van der Waals surface area contributed by atoms with E-state index in [-0.39, 0.29) is 11.8 Å². The molecule has 4 aromatic rings. The molecule has 1 aliphatic rings. The number of nitrogens with zero attached hydrogens (tertiary/aromatic N) is 2. The number of rotatable bonds is 3. The van der Waals surface area contributed by atoms with Crippen LogP contribution >= 0.6 is 11.3 Å². The summed E-state index contributed by atoms with van der Waals surface area (Å²) in [6, 6.07) is 24.3. The topological polar surface area (TPSA) is 62.3 Å². The minimum Gasteiger partial charge on any atom is -0.322 e. The summed E-state index contributed by atoms with van der Waals surface area (Å²) in [5.74, 6) is -0.359. The Hall–Kier alpha value is -3.51. The number of benzene rings is 3. The Bertz CT molecular complexity index is 1200. The zero-order valence-electron chi connectivity index (χ0n) is 16.1. The average Bonchev–Trinajstić information content (AvgIpc) is 3.20. The summed E-state index contributed by atoms with van der Waals surface area (Å²) in [5.41, 5.74) is 3.60. The van der Waals surface area contributed by atoms with E-state index in [1.165, 1.54) is 11.3 Å². The van der Waals surface area contributed by atoms with Crippen molar-refractivity contribution >= 4 is 38.5 Å². The molecule has 1 N–H and O–H groups in total. The van der Waals surface area contributed by atoms with Crippen LogP contribution in [0.2, 0.25) is 0 Å². The normalized spacial score (nSPS) is 15.6. The number of amides is 2. The SMILES string of the molecule is O=C(Nc1nc2ccccc2s1)C1Cc2ccccc2CN1C(=O)c1ccccc1. The van der Waals surface area contributed by atoms with Gasteiger partial charge in [0, 0.05) is 18.5 Å². The molecule has 0 spiro atoms. The van der Waals surface area contributed by atoms with E-state index in [0.29, 0.717) is 23.7 Å². The molecule has 2 heterocycles. The number of anilines is 1. The van der Waals surface area contributed by atoms with Gasteiger partial charge >= 0.3 is 0 Å². The molecule has 3 aromatic carbocycles. The molecule has 5 nitrogen and oxygen atoms in total. The summed E-state index contributed by atoms with van der Waals surface area (Å²) >= 11 is 1.43. The Kier molecular flexibility index (Phi) is 4.77. The number of aromatic nitrogens is 1. The third kappa shape index (κ3) is 3.46. The molecule has 0 fully saturated rings. The van der Waals surface area contributed by atoms with E-state index in [9.17, 15) is 9.59 Å². The summed E-state index contributed by atoms with van der Waals surface area (Å²) in [6.07, 6.45) is 0.478. The Morgan fingerprint density at radius 1 is 0.900 bits per heavy atom. The fourth-order valence-corrected chi connectivity index (χ4v) is 4.70. The van der Waals surface area contributed by atoms with Gasteiger partial charge in [0.2, 0.25) is 5.91 Å². The van der Waals surface area contributed by atoms with E-state index < -0.39 is 6.04 Å². The van der Waals surface area contributed by atoms with Crippen LogP contribution in [0.4, 0.5) is 5.13 Å². The van der Waals surface area contributed by atoms with Crippen molar-refractivity contribution in [3.63, 3.8) is 0 Å². The fraction of sp³-hybridized carbons (Fsp3) is 0.125. The van der Waals surface area contributed by atoms with Crippen molar-refractivity contribution in [1.82, 2.24) is 9.88 Å². The third-order valence-electron chi connectivity index (χ3n) is 5.36. The van der Waals surface area contributed by atoms with Crippen LogP contribution in [0.5, 0.6) is 0 Å². The van der Waals surface area contributed by atoms with Gasteiger partial charge in [0.05, 0.1) is 10.2 Å². The van der Waals surface area contributed by atoms with Crippen molar-refractivity contribution in [2.24, 2.45) is 0 Å². The van der Waals surface area contributed by atoms with Gasteiger partial charge in [-0.2, -0.15) is 0 Å². The van der Waals surface area contributed by atoms with Crippen molar-refractivity contribution in [2.75, 3.05) is 5.32 Å². The second-order valence-electron chi connectivity index (χ2n) is 7.26. The predicted octanol–water partition coefficient (Wildman–Crippen LogP) is 4.50. The first kappa shape index (κ1) is 18.5. The van der Waals surface area contributed by atoms with Crippen molar-refractivity contribution in [3.8, 4) is 0 Å². The molecule has 1 aliphatic heterocycles. The smallest absolute Gasteiger partial charge is 0.254 e. The highest BCUT2D eigenvalue weighted by molar-refractivity contribution is 7.22. The van der Waals surface area contributed by atoms with Crippen LogP contribution in [0.25, 0.3) is 10.2 Å². The van der Waals surface area contributed by atoms with Crippen LogP contribution in [0.3, 0.4) is 0 Å². The van der Waals surface area contributed by atoms with Gasteiger partial charge in [0.1, 0.15) is 6.04 Å². The summed E-state index contributed by atoms with van der Waals surface area (Å²) in [4.78, 5) is 32.7. The quantitative estimate of drug-likeness (QED) is 0.538. The Morgan fingerprint density at radius 2 is 1.60 bits per heavy atom. The number of carbonyl (C=O) groups is 2. The molecule has 0 saturated carbocycles. The second-order valence-corrected chi connectivity index (χ2v) is 8.29. The van der Waals surface area contributed by atoms with Gasteiger partial charge in [-0.3, -0.25) is 9.59 Å². The molecule has 0 radical (unpaired) electrons. The van der Waals surface area contributed by atoms with Crippen LogP contribution < -0.4 is 5.32 Å². The monoisotopic (exact) mass is 413 g/mol. The van der Waals surface area contributed by atoms with Gasteiger partial charge in [-0.15, -0.1) is 0 Å². The molecule has 2 amide bonds. The molecule has 1 unspecified atom stereocenters. The lowest BCUT2D eigenvalue weighted by Gasteiger charge is -2.36. The maximum Gasteiger partial charge on any atom is 0.254 e. The zero-order chi connectivity index (χ0) is 20.5. The molecule has 6 heteroatoms. The minimum atomic E-state index is -0.598. The van der Waals surface area contributed by atoms with E-state index in [0.717, 1.165) is 21.3 Å². The lowest BCUT2D eigenvalue weighted by Crippen LogP contribution is -2.50. The number of fused-ring (bicyclic) bond motifs is 2. The van der Waals surface area contributed by atoms with Gasteiger partial charge in [0.15, 0.2) is 5.13 Å². The zero-order valence-corrected chi connectivity index (χ0v) is 16.9. The first-order chi connectivity index (χ1) is 14.7. The highest BCUT2D eigenvalue weighted by Crippen LogP contribution is 2.28. The fourth-order valence-electron chi connectivity index (χ4n) is 3.83. The van der Waals surface area contributed by atoms with Crippen molar-refractivity contribution in [2.45, 2.75) is 19.0 Å². The van der Waals surface area contributed by atoms with E-state index >= 15 is 0 Å². The second kappa shape index (κ2) is 7.72. The van der Waals surface area contributed by atoms with Crippen molar-refractivity contribution in [1.29, 1.82) is 0 Å². The van der Waals surface area contributed by atoms with Gasteiger partial charge in [-0.25, -0.2) is 4.98 Å². The first-order valence-corrected chi connectivity index (χ1v) is 10.6. The van der Waals surface area contributed by atoms with E-state index in [2.05, 4.69) is 10.3 Å². The molecular weight excluding hydrogens is 394 g/mol. The molecular formula is C24H19N3O2S. The van der Waals surface area contributed by atoms with Crippen LogP contribution in [-0.2, 0) is 17.8 Å². The Labute approximate surface area is 178 Å². The molecule has 0 aliphatic carbocycles. The largest absolute Gasteiger partial charge is 0.322 e. The standard InChI is InChI=1S/C24H19N3O2S/c28-22(26-24-25-19-12-6-7-13-21(19)30-24)20-14-17-10-4-5-11-18(17)15-27(20)23(29)16-8-2-1-3-9-16/h1-13,20H,14-15H2,(H,25,26,28). The predicted molar refractivity (Wildman–Crippen MR) is 118 cm³/mol. The third-order valence-corrected chi connectivity index (χ3v) is 6.31. The average molecular weight is 414 g/mol. The maximum absolute atomic E-state index is 13.3. The lowest BCUT2D eigenvalue weighted by atomic mass is 9.93. The number of thiazole rings is 1. The van der Waals surface area contributed by atoms with E-state index in [1.54, 1.807) is 17.0 Å². The number of hydrogen-bond acceptors (Lipinski definition) is 4.